The lowest BCUT2D eigenvalue weighted by Gasteiger charge is -2.23. The molecular formula is C40H37N2O6S-. The number of furan rings is 1. The van der Waals surface area contributed by atoms with Gasteiger partial charge in [0.05, 0.1) is 21.8 Å². The molecule has 0 fully saturated rings. The quantitative estimate of drug-likeness (QED) is 0.138. The maximum Gasteiger partial charge on any atom is 0.251 e. The summed E-state index contributed by atoms with van der Waals surface area (Å²) in [6, 6.07) is 32.2. The molecule has 1 unspecified atom stereocenters. The molecule has 0 radical (unpaired) electrons. The maximum atomic E-state index is 13.9. The number of hydrogen-bond donors (Lipinski definition) is 2. The molecule has 0 saturated heterocycles. The van der Waals surface area contributed by atoms with Crippen molar-refractivity contribution in [3.63, 3.8) is 0 Å². The first-order valence-electron chi connectivity index (χ1n) is 16.1. The number of hydrogen-bond acceptors (Lipinski definition) is 6. The molecule has 0 saturated carbocycles. The fraction of sp³-hybridized carbons (Fsp3) is 0.200. The summed E-state index contributed by atoms with van der Waals surface area (Å²) in [7, 11) is -4.43. The minimum atomic E-state index is -4.43. The first-order chi connectivity index (χ1) is 23.4. The van der Waals surface area contributed by atoms with E-state index in [0.29, 0.717) is 17.7 Å². The van der Waals surface area contributed by atoms with Crippen LogP contribution in [0.25, 0.3) is 27.9 Å². The number of fused-ring (bicyclic) bond motifs is 1. The van der Waals surface area contributed by atoms with Gasteiger partial charge in [-0.05, 0) is 89.1 Å². The van der Waals surface area contributed by atoms with Crippen LogP contribution in [0.5, 0.6) is 0 Å². The van der Waals surface area contributed by atoms with Crippen LogP contribution in [0.2, 0.25) is 0 Å². The average Bonchev–Trinajstić information content (AvgIpc) is 3.52. The number of benzene rings is 4. The van der Waals surface area contributed by atoms with Gasteiger partial charge in [0.2, 0.25) is 5.91 Å². The van der Waals surface area contributed by atoms with Crippen molar-refractivity contribution >= 4 is 44.2 Å². The molecule has 1 heterocycles. The lowest BCUT2D eigenvalue weighted by Crippen LogP contribution is -2.29. The number of anilines is 1. The summed E-state index contributed by atoms with van der Waals surface area (Å²) in [6.45, 7) is 4.14. The Morgan fingerprint density at radius 3 is 2.24 bits per heavy atom. The Hall–Kier alpha value is -5.25. The second-order valence-corrected chi connectivity index (χ2v) is 14.5. The Kier molecular flexibility index (Phi) is 9.67. The Morgan fingerprint density at radius 2 is 1.59 bits per heavy atom. The highest BCUT2D eigenvalue weighted by Crippen LogP contribution is 2.33. The molecule has 1 atom stereocenters. The Labute approximate surface area is 286 Å². The van der Waals surface area contributed by atoms with Crippen LogP contribution in [0, 0.1) is 5.41 Å². The van der Waals surface area contributed by atoms with Crippen molar-refractivity contribution in [1.82, 2.24) is 5.32 Å². The number of carbonyl (C=O) groups excluding carboxylic acids is 2. The van der Waals surface area contributed by atoms with Gasteiger partial charge < -0.3 is 19.6 Å². The molecule has 0 aliphatic heterocycles. The summed E-state index contributed by atoms with van der Waals surface area (Å²) in [4.78, 5) is 26.4. The molecule has 1 aromatic heterocycles. The van der Waals surface area contributed by atoms with Crippen molar-refractivity contribution in [3.05, 3.63) is 144 Å². The summed E-state index contributed by atoms with van der Waals surface area (Å²) in [5.41, 5.74) is 6.72. The topological polar surface area (TPSA) is 129 Å². The van der Waals surface area contributed by atoms with E-state index in [2.05, 4.69) is 42.7 Å². The fourth-order valence-corrected chi connectivity index (χ4v) is 6.15. The minimum absolute atomic E-state index is 0.130. The minimum Gasteiger partial charge on any atom is -0.748 e. The summed E-state index contributed by atoms with van der Waals surface area (Å²) in [5, 5.41) is 6.55. The van der Waals surface area contributed by atoms with E-state index >= 15 is 0 Å². The molecule has 9 heteroatoms. The van der Waals surface area contributed by atoms with Crippen molar-refractivity contribution < 1.29 is 27.0 Å². The third-order valence-electron chi connectivity index (χ3n) is 8.68. The molecule has 250 valence electrons. The first kappa shape index (κ1) is 33.6. The molecule has 0 spiro atoms. The van der Waals surface area contributed by atoms with E-state index in [-0.39, 0.29) is 17.9 Å². The van der Waals surface area contributed by atoms with Crippen LogP contribution in [0.3, 0.4) is 0 Å². The summed E-state index contributed by atoms with van der Waals surface area (Å²) in [5.74, 6) is -1.14. The van der Waals surface area contributed by atoms with Gasteiger partial charge in [-0.1, -0.05) is 86.7 Å². The van der Waals surface area contributed by atoms with Crippen LogP contribution >= 0.6 is 0 Å². The van der Waals surface area contributed by atoms with Crippen LogP contribution in [-0.2, 0) is 21.3 Å². The van der Waals surface area contributed by atoms with Gasteiger partial charge in [-0.25, -0.2) is 8.42 Å². The van der Waals surface area contributed by atoms with Gasteiger partial charge in [0.1, 0.15) is 11.3 Å². The molecule has 49 heavy (non-hydrogen) atoms. The molecule has 4 aromatic carbocycles. The number of para-hydroxylation sites is 1. The van der Waals surface area contributed by atoms with Crippen molar-refractivity contribution in [2.24, 2.45) is 5.41 Å². The number of rotatable bonds is 11. The van der Waals surface area contributed by atoms with Crippen molar-refractivity contribution in [2.75, 3.05) is 17.6 Å². The van der Waals surface area contributed by atoms with Gasteiger partial charge in [-0.3, -0.25) is 9.59 Å². The van der Waals surface area contributed by atoms with Gasteiger partial charge in [0, 0.05) is 28.7 Å². The SMILES string of the molecule is CC1(C)C=CC(c2ccc(C(Cc3ccc(C(=O)NCCS(=O)(=O)[O-])cc3)C(=O)Nc3ccc(-c4cc5ccccc5o4)cc3)cc2)=CC1. The molecule has 6 rings (SSSR count). The molecule has 0 bridgehead atoms. The van der Waals surface area contributed by atoms with Gasteiger partial charge in [-0.15, -0.1) is 0 Å². The molecule has 2 N–H and O–H groups in total. The second-order valence-electron chi connectivity index (χ2n) is 13.0. The second kappa shape index (κ2) is 14.1. The average molecular weight is 674 g/mol. The zero-order chi connectivity index (χ0) is 34.6. The van der Waals surface area contributed by atoms with Crippen LogP contribution in [-0.4, -0.2) is 37.1 Å². The third kappa shape index (κ3) is 8.62. The fourth-order valence-electron chi connectivity index (χ4n) is 5.80. The number of nitrogens with one attached hydrogen (secondary N) is 2. The van der Waals surface area contributed by atoms with Crippen LogP contribution in [0.4, 0.5) is 5.69 Å². The zero-order valence-corrected chi connectivity index (χ0v) is 28.1. The van der Waals surface area contributed by atoms with E-state index in [1.54, 1.807) is 24.3 Å². The molecule has 1 aliphatic rings. The van der Waals surface area contributed by atoms with E-state index in [1.165, 1.54) is 0 Å². The van der Waals surface area contributed by atoms with E-state index in [9.17, 15) is 22.6 Å². The van der Waals surface area contributed by atoms with Crippen molar-refractivity contribution in [1.29, 1.82) is 0 Å². The number of allylic oxidation sites excluding steroid dienone is 4. The van der Waals surface area contributed by atoms with Crippen LogP contribution in [0.1, 0.15) is 53.2 Å². The van der Waals surface area contributed by atoms with Gasteiger partial charge >= 0.3 is 0 Å². The standard InChI is InChI=1S/C40H38N2O6S/c1-40(2)21-19-29(20-22-40)28-11-13-30(14-12-28)35(25-27-7-9-32(10-8-27)38(43)41-23-24-49(45,46)47)39(44)42-34-17-15-31(16-18-34)37-26-33-5-3-4-6-36(33)48-37/h3-21,26,35H,22-25H2,1-2H3,(H,41,43)(H,42,44)(H,45,46,47)/p-1. The highest BCUT2D eigenvalue weighted by molar-refractivity contribution is 7.85. The molecule has 2 amide bonds. The first-order valence-corrected chi connectivity index (χ1v) is 17.7. The summed E-state index contributed by atoms with van der Waals surface area (Å²) in [6.07, 6.45) is 7.93. The third-order valence-corrected chi connectivity index (χ3v) is 9.39. The smallest absolute Gasteiger partial charge is 0.251 e. The largest absolute Gasteiger partial charge is 0.748 e. The highest BCUT2D eigenvalue weighted by Gasteiger charge is 2.23. The lowest BCUT2D eigenvalue weighted by atomic mass is 9.82. The molecule has 5 aromatic rings. The molecular weight excluding hydrogens is 637 g/mol. The van der Waals surface area contributed by atoms with E-state index in [1.807, 2.05) is 78.9 Å². The number of carbonyl (C=O) groups is 2. The normalized spacial score (nSPS) is 14.6. The predicted molar refractivity (Wildman–Crippen MR) is 192 cm³/mol. The van der Waals surface area contributed by atoms with E-state index in [0.717, 1.165) is 51.0 Å². The van der Waals surface area contributed by atoms with Crippen LogP contribution < -0.4 is 10.6 Å². The van der Waals surface area contributed by atoms with E-state index < -0.39 is 27.7 Å². The maximum absolute atomic E-state index is 13.9. The summed E-state index contributed by atoms with van der Waals surface area (Å²) >= 11 is 0. The Balaban J connectivity index is 1.20. The van der Waals surface area contributed by atoms with Gasteiger partial charge in [-0.2, -0.15) is 0 Å². The van der Waals surface area contributed by atoms with Gasteiger partial charge in [0.15, 0.2) is 0 Å². The Morgan fingerprint density at radius 1 is 0.898 bits per heavy atom. The lowest BCUT2D eigenvalue weighted by molar-refractivity contribution is -0.117. The highest BCUT2D eigenvalue weighted by atomic mass is 32.2. The predicted octanol–water partition coefficient (Wildman–Crippen LogP) is 7.71. The monoisotopic (exact) mass is 673 g/mol. The Bertz CT molecular complexity index is 2110. The van der Waals surface area contributed by atoms with E-state index in [4.69, 9.17) is 4.42 Å². The van der Waals surface area contributed by atoms with Crippen molar-refractivity contribution in [3.8, 4) is 11.3 Å². The summed E-state index contributed by atoms with van der Waals surface area (Å²) < 4.78 is 38.6. The molecule has 8 nitrogen and oxygen atoms in total. The zero-order valence-electron chi connectivity index (χ0n) is 27.3. The number of amides is 2. The van der Waals surface area contributed by atoms with Gasteiger partial charge in [0.25, 0.3) is 5.91 Å². The van der Waals surface area contributed by atoms with Crippen LogP contribution in [0.15, 0.2) is 126 Å². The van der Waals surface area contributed by atoms with Crippen molar-refractivity contribution in [2.45, 2.75) is 32.6 Å². The molecule has 1 aliphatic carbocycles.